The highest BCUT2D eigenvalue weighted by molar-refractivity contribution is 5.77. The number of nitrogens with zero attached hydrogens (tertiary/aromatic N) is 1. The molecular formula is C18H31NO6. The van der Waals surface area contributed by atoms with Gasteiger partial charge in [0.2, 0.25) is 5.91 Å². The molecule has 0 aromatic rings. The molecule has 1 fully saturated rings. The van der Waals surface area contributed by atoms with E-state index in [4.69, 9.17) is 14.6 Å². The first-order valence-corrected chi connectivity index (χ1v) is 9.07. The molecule has 0 saturated carbocycles. The molecule has 7 nitrogen and oxygen atoms in total. The van der Waals surface area contributed by atoms with E-state index in [2.05, 4.69) is 0 Å². The minimum absolute atomic E-state index is 0.00186. The van der Waals surface area contributed by atoms with Gasteiger partial charge in [-0.15, -0.1) is 0 Å². The summed E-state index contributed by atoms with van der Waals surface area (Å²) in [5.41, 5.74) is 0. The monoisotopic (exact) mass is 357 g/mol. The van der Waals surface area contributed by atoms with Gasteiger partial charge in [0.05, 0.1) is 18.8 Å². The number of hydrogen-bond donors (Lipinski definition) is 2. The van der Waals surface area contributed by atoms with Gasteiger partial charge in [-0.05, 0) is 32.1 Å². The minimum atomic E-state index is -0.974. The van der Waals surface area contributed by atoms with E-state index in [1.54, 1.807) is 6.08 Å². The molecule has 1 saturated heterocycles. The molecule has 0 radical (unpaired) electrons. The molecule has 0 aromatic carbocycles. The summed E-state index contributed by atoms with van der Waals surface area (Å²) in [6.07, 6.45) is 7.64. The van der Waals surface area contributed by atoms with Crippen molar-refractivity contribution in [2.45, 2.75) is 57.6 Å². The van der Waals surface area contributed by atoms with Crippen molar-refractivity contribution in [3.63, 3.8) is 0 Å². The van der Waals surface area contributed by atoms with E-state index in [1.165, 1.54) is 0 Å². The van der Waals surface area contributed by atoms with Crippen LogP contribution in [0.2, 0.25) is 0 Å². The molecule has 144 valence electrons. The van der Waals surface area contributed by atoms with Crippen molar-refractivity contribution in [2.75, 3.05) is 33.0 Å². The third-order valence-corrected chi connectivity index (χ3v) is 3.97. The number of ether oxygens (including phenoxy) is 2. The number of aliphatic hydroxyl groups is 1. The normalized spacial score (nSPS) is 19.5. The van der Waals surface area contributed by atoms with E-state index in [-0.39, 0.29) is 25.2 Å². The van der Waals surface area contributed by atoms with Crippen LogP contribution in [0.5, 0.6) is 0 Å². The first-order valence-electron chi connectivity index (χ1n) is 9.07. The van der Waals surface area contributed by atoms with E-state index in [1.807, 2.05) is 17.9 Å². The number of carbonyl (C=O) groups excluding carboxylic acids is 1. The Morgan fingerprint density at radius 2 is 2.16 bits per heavy atom. The fraction of sp³-hybridized carbons (Fsp3) is 0.778. The number of piperidine rings is 1. The quantitative estimate of drug-likeness (QED) is 0.384. The second kappa shape index (κ2) is 12.9. The molecule has 1 aliphatic heterocycles. The zero-order valence-electron chi connectivity index (χ0n) is 15.1. The van der Waals surface area contributed by atoms with Crippen LogP contribution < -0.4 is 0 Å². The Morgan fingerprint density at radius 1 is 1.36 bits per heavy atom. The molecule has 1 unspecified atom stereocenters. The lowest BCUT2D eigenvalue weighted by atomic mass is 10.00. The number of hydrogen-bond acceptors (Lipinski definition) is 5. The van der Waals surface area contributed by atoms with Crippen molar-refractivity contribution in [3.8, 4) is 0 Å². The molecule has 1 heterocycles. The number of likely N-dealkylation sites (tertiary alicyclic amines) is 1. The lowest BCUT2D eigenvalue weighted by molar-refractivity contribution is -0.142. The third kappa shape index (κ3) is 9.57. The summed E-state index contributed by atoms with van der Waals surface area (Å²) >= 11 is 0. The van der Waals surface area contributed by atoms with Crippen LogP contribution in [-0.4, -0.2) is 72.1 Å². The van der Waals surface area contributed by atoms with Gasteiger partial charge in [0.15, 0.2) is 0 Å². The first-order chi connectivity index (χ1) is 12.0. The van der Waals surface area contributed by atoms with Crippen molar-refractivity contribution in [3.05, 3.63) is 12.2 Å². The van der Waals surface area contributed by atoms with Crippen LogP contribution in [0.15, 0.2) is 12.2 Å². The lowest BCUT2D eigenvalue weighted by Gasteiger charge is -2.34. The van der Waals surface area contributed by atoms with Crippen molar-refractivity contribution >= 4 is 11.9 Å². The zero-order valence-corrected chi connectivity index (χ0v) is 15.1. The zero-order chi connectivity index (χ0) is 18.5. The molecule has 0 spiro atoms. The number of amides is 1. The maximum Gasteiger partial charge on any atom is 0.329 e. The summed E-state index contributed by atoms with van der Waals surface area (Å²) in [6, 6.07) is 0.00186. The number of unbranched alkanes of at least 4 members (excludes halogenated alkanes) is 1. The Morgan fingerprint density at radius 3 is 2.88 bits per heavy atom. The average molecular weight is 357 g/mol. The smallest absolute Gasteiger partial charge is 0.329 e. The average Bonchev–Trinajstić information content (AvgIpc) is 2.57. The van der Waals surface area contributed by atoms with Gasteiger partial charge in [-0.25, -0.2) is 4.79 Å². The molecule has 1 aliphatic rings. The van der Waals surface area contributed by atoms with E-state index in [0.717, 1.165) is 25.7 Å². The fourth-order valence-electron chi connectivity index (χ4n) is 2.74. The summed E-state index contributed by atoms with van der Waals surface area (Å²) in [6.45, 7) is 3.62. The van der Waals surface area contributed by atoms with Crippen molar-refractivity contribution in [2.24, 2.45) is 0 Å². The van der Waals surface area contributed by atoms with Gasteiger partial charge in [0.25, 0.3) is 0 Å². The van der Waals surface area contributed by atoms with Gasteiger partial charge >= 0.3 is 5.97 Å². The molecule has 1 amide bonds. The molecule has 2 N–H and O–H groups in total. The number of rotatable bonds is 13. The van der Waals surface area contributed by atoms with E-state index in [0.29, 0.717) is 32.6 Å². The molecule has 0 bridgehead atoms. The van der Waals surface area contributed by atoms with Gasteiger partial charge in [0.1, 0.15) is 6.61 Å². The van der Waals surface area contributed by atoms with Crippen LogP contribution in [0.1, 0.15) is 45.4 Å². The number of carbonyl (C=O) groups is 2. The van der Waals surface area contributed by atoms with Gasteiger partial charge in [-0.1, -0.05) is 19.1 Å². The fourth-order valence-corrected chi connectivity index (χ4v) is 2.74. The molecule has 0 aliphatic carbocycles. The largest absolute Gasteiger partial charge is 0.480 e. The van der Waals surface area contributed by atoms with Crippen LogP contribution in [0.25, 0.3) is 0 Å². The second-order valence-corrected chi connectivity index (χ2v) is 6.23. The van der Waals surface area contributed by atoms with Crippen molar-refractivity contribution in [1.29, 1.82) is 0 Å². The summed E-state index contributed by atoms with van der Waals surface area (Å²) in [5.74, 6) is -0.845. The molecule has 0 aromatic heterocycles. The maximum absolute atomic E-state index is 12.2. The van der Waals surface area contributed by atoms with Crippen LogP contribution in [-0.2, 0) is 19.1 Å². The summed E-state index contributed by atoms with van der Waals surface area (Å²) < 4.78 is 10.3. The third-order valence-electron chi connectivity index (χ3n) is 3.97. The Balaban J connectivity index is 2.36. The molecule has 2 atom stereocenters. The summed E-state index contributed by atoms with van der Waals surface area (Å²) in [7, 11) is 0. The number of aliphatic carboxylic acids is 1. The predicted octanol–water partition coefficient (Wildman–Crippen LogP) is 1.59. The molecule has 25 heavy (non-hydrogen) atoms. The number of aliphatic hydroxyl groups excluding tert-OH is 1. The van der Waals surface area contributed by atoms with Crippen LogP contribution in [0.3, 0.4) is 0 Å². The van der Waals surface area contributed by atoms with Gasteiger partial charge < -0.3 is 24.6 Å². The maximum atomic E-state index is 12.2. The Bertz CT molecular complexity index is 426. The summed E-state index contributed by atoms with van der Waals surface area (Å²) in [5, 5.41) is 18.4. The number of carboxylic acid groups (broad SMARTS) is 1. The lowest BCUT2D eigenvalue weighted by Crippen LogP contribution is -2.43. The van der Waals surface area contributed by atoms with Gasteiger partial charge in [-0.3, -0.25) is 4.79 Å². The molecule has 7 heteroatoms. The standard InChI is InChI=1S/C18H31NO6/c1-2-11-24-13-16(20)9-8-15-6-5-7-17(21)19(15)10-3-4-12-25-14-18(22)23/h8-9,15-16,20H,2-7,10-14H2,1H3,(H,22,23)/b9-8+/t15-,16?/m1/s1. The van der Waals surface area contributed by atoms with E-state index >= 15 is 0 Å². The SMILES string of the molecule is CCCOCC(O)/C=C/[C@H]1CCCC(=O)N1CCCCOCC(=O)O. The highest BCUT2D eigenvalue weighted by Crippen LogP contribution is 2.20. The Kier molecular flexibility index (Phi) is 11.1. The van der Waals surface area contributed by atoms with Crippen LogP contribution >= 0.6 is 0 Å². The van der Waals surface area contributed by atoms with E-state index < -0.39 is 12.1 Å². The van der Waals surface area contributed by atoms with Crippen LogP contribution in [0.4, 0.5) is 0 Å². The van der Waals surface area contributed by atoms with Gasteiger partial charge in [-0.2, -0.15) is 0 Å². The highest BCUT2D eigenvalue weighted by Gasteiger charge is 2.25. The highest BCUT2D eigenvalue weighted by atomic mass is 16.5. The van der Waals surface area contributed by atoms with Crippen molar-refractivity contribution < 1.29 is 29.3 Å². The molecule has 1 rings (SSSR count). The minimum Gasteiger partial charge on any atom is -0.480 e. The Hall–Kier alpha value is -1.44. The molecular weight excluding hydrogens is 326 g/mol. The van der Waals surface area contributed by atoms with Crippen molar-refractivity contribution in [1.82, 2.24) is 4.90 Å². The van der Waals surface area contributed by atoms with Gasteiger partial charge in [0, 0.05) is 26.2 Å². The van der Waals surface area contributed by atoms with Crippen LogP contribution in [0, 0.1) is 0 Å². The first kappa shape index (κ1) is 21.6. The predicted molar refractivity (Wildman–Crippen MR) is 93.3 cm³/mol. The van der Waals surface area contributed by atoms with E-state index in [9.17, 15) is 14.7 Å². The number of carboxylic acids is 1. The Labute approximate surface area is 149 Å². The second-order valence-electron chi connectivity index (χ2n) is 6.23. The summed E-state index contributed by atoms with van der Waals surface area (Å²) in [4.78, 5) is 24.4. The topological polar surface area (TPSA) is 96.3 Å².